The van der Waals surface area contributed by atoms with Gasteiger partial charge in [-0.1, -0.05) is 0 Å². The Morgan fingerprint density at radius 1 is 1.38 bits per heavy atom. The molecule has 6 heteroatoms. The third kappa shape index (κ3) is 2.85. The molecule has 2 aromatic heterocycles. The lowest BCUT2D eigenvalue weighted by atomic mass is 10.1. The Morgan fingerprint density at radius 2 is 2.14 bits per heavy atom. The molecule has 112 valence electrons. The summed E-state index contributed by atoms with van der Waals surface area (Å²) in [5, 5.41) is 10.6. The number of carbonyl (C=O) groups is 1. The van der Waals surface area contributed by atoms with Crippen LogP contribution in [0.15, 0.2) is 24.5 Å². The van der Waals surface area contributed by atoms with Crippen molar-refractivity contribution in [3.8, 4) is 0 Å². The smallest absolute Gasteiger partial charge is 0.272 e. The molecule has 1 aliphatic rings. The summed E-state index contributed by atoms with van der Waals surface area (Å²) in [6.07, 6.45) is 5.79. The number of carbonyl (C=O) groups excluding carboxylic acids is 1. The van der Waals surface area contributed by atoms with E-state index in [1.165, 1.54) is 0 Å². The minimum Gasteiger partial charge on any atom is -0.344 e. The summed E-state index contributed by atoms with van der Waals surface area (Å²) in [5.74, 6) is -0.101. The van der Waals surface area contributed by atoms with Crippen molar-refractivity contribution in [2.45, 2.75) is 25.8 Å². The van der Waals surface area contributed by atoms with Gasteiger partial charge in [0.15, 0.2) is 0 Å². The predicted molar refractivity (Wildman–Crippen MR) is 81.5 cm³/mol. The highest BCUT2D eigenvalue weighted by Crippen LogP contribution is 2.20. The Labute approximate surface area is 124 Å². The lowest BCUT2D eigenvalue weighted by Crippen LogP contribution is -2.29. The number of anilines is 1. The van der Waals surface area contributed by atoms with Crippen molar-refractivity contribution in [1.82, 2.24) is 19.7 Å². The molecule has 0 aromatic carbocycles. The molecule has 3 heterocycles. The van der Waals surface area contributed by atoms with E-state index in [0.717, 1.165) is 37.3 Å². The summed E-state index contributed by atoms with van der Waals surface area (Å²) in [7, 11) is 1.89. The maximum absolute atomic E-state index is 12.3. The molecule has 1 saturated heterocycles. The zero-order valence-corrected chi connectivity index (χ0v) is 12.5. The fourth-order valence-electron chi connectivity index (χ4n) is 2.71. The highest BCUT2D eigenvalue weighted by atomic mass is 16.2. The highest BCUT2D eigenvalue weighted by molar-refractivity contribution is 6.03. The van der Waals surface area contributed by atoms with Gasteiger partial charge in [-0.2, -0.15) is 5.10 Å². The number of aryl methyl sites for hydroxylation is 1. The Bertz CT molecular complexity index is 636. The Balaban J connectivity index is 1.69. The first-order valence-corrected chi connectivity index (χ1v) is 7.33. The summed E-state index contributed by atoms with van der Waals surface area (Å²) in [6, 6.07) is 4.20. The van der Waals surface area contributed by atoms with Gasteiger partial charge in [0.05, 0.1) is 17.9 Å². The number of amides is 1. The van der Waals surface area contributed by atoms with Crippen LogP contribution in [0.4, 0.5) is 5.69 Å². The van der Waals surface area contributed by atoms with Crippen molar-refractivity contribution >= 4 is 11.6 Å². The van der Waals surface area contributed by atoms with Crippen LogP contribution in [0.3, 0.4) is 0 Å². The number of nitrogens with one attached hydrogen (secondary N) is 2. The van der Waals surface area contributed by atoms with Gasteiger partial charge < -0.3 is 15.2 Å². The van der Waals surface area contributed by atoms with E-state index < -0.39 is 0 Å². The molecule has 1 fully saturated rings. The van der Waals surface area contributed by atoms with Gasteiger partial charge in [-0.25, -0.2) is 0 Å². The third-order valence-electron chi connectivity index (χ3n) is 4.15. The molecule has 0 atom stereocenters. The zero-order valence-electron chi connectivity index (χ0n) is 12.5. The SMILES string of the molecule is Cc1ccc(C(=O)Nc2cnn(C3CCNCC3)c2)n1C. The van der Waals surface area contributed by atoms with Crippen LogP contribution in [0.1, 0.15) is 35.1 Å². The molecule has 1 amide bonds. The average Bonchev–Trinajstić information content (AvgIpc) is 3.08. The van der Waals surface area contributed by atoms with Crippen LogP contribution in [0.5, 0.6) is 0 Å². The second kappa shape index (κ2) is 5.73. The lowest BCUT2D eigenvalue weighted by molar-refractivity contribution is 0.101. The monoisotopic (exact) mass is 287 g/mol. The molecular weight excluding hydrogens is 266 g/mol. The molecule has 0 aliphatic carbocycles. The normalized spacial score (nSPS) is 16.1. The zero-order chi connectivity index (χ0) is 14.8. The van der Waals surface area contributed by atoms with E-state index in [9.17, 15) is 4.79 Å². The van der Waals surface area contributed by atoms with Gasteiger partial charge in [-0.3, -0.25) is 9.48 Å². The molecule has 2 aromatic rings. The second-order valence-corrected chi connectivity index (χ2v) is 5.56. The lowest BCUT2D eigenvalue weighted by Gasteiger charge is -2.22. The molecule has 0 saturated carbocycles. The number of hydrogen-bond donors (Lipinski definition) is 2. The average molecular weight is 287 g/mol. The molecule has 6 nitrogen and oxygen atoms in total. The van der Waals surface area contributed by atoms with Gasteiger partial charge in [-0.15, -0.1) is 0 Å². The maximum Gasteiger partial charge on any atom is 0.272 e. The van der Waals surface area contributed by atoms with Gasteiger partial charge in [0.1, 0.15) is 5.69 Å². The summed E-state index contributed by atoms with van der Waals surface area (Å²) < 4.78 is 3.85. The number of piperidine rings is 1. The van der Waals surface area contributed by atoms with Crippen molar-refractivity contribution in [1.29, 1.82) is 0 Å². The number of nitrogens with zero attached hydrogens (tertiary/aromatic N) is 3. The fraction of sp³-hybridized carbons (Fsp3) is 0.467. The summed E-state index contributed by atoms with van der Waals surface area (Å²) in [4.78, 5) is 12.3. The summed E-state index contributed by atoms with van der Waals surface area (Å²) in [5.41, 5.74) is 2.46. The largest absolute Gasteiger partial charge is 0.344 e. The first-order valence-electron chi connectivity index (χ1n) is 7.33. The standard InChI is InChI=1S/C15H21N5O/c1-11-3-4-14(19(11)2)15(21)18-12-9-17-20(10-12)13-5-7-16-8-6-13/h3-4,9-10,13,16H,5-8H2,1-2H3,(H,18,21). The van der Waals surface area contributed by atoms with Crippen LogP contribution < -0.4 is 10.6 Å². The third-order valence-corrected chi connectivity index (χ3v) is 4.15. The van der Waals surface area contributed by atoms with Crippen LogP contribution in [0, 0.1) is 6.92 Å². The fourth-order valence-corrected chi connectivity index (χ4v) is 2.71. The molecule has 0 bridgehead atoms. The molecule has 0 radical (unpaired) electrons. The quantitative estimate of drug-likeness (QED) is 0.903. The van der Waals surface area contributed by atoms with Crippen molar-refractivity contribution < 1.29 is 4.79 Å². The first-order chi connectivity index (χ1) is 10.1. The van der Waals surface area contributed by atoms with Crippen LogP contribution in [-0.2, 0) is 7.05 Å². The topological polar surface area (TPSA) is 63.9 Å². The van der Waals surface area contributed by atoms with Gasteiger partial charge in [0.25, 0.3) is 5.91 Å². The molecular formula is C15H21N5O. The summed E-state index contributed by atoms with van der Waals surface area (Å²) in [6.45, 7) is 4.02. The van der Waals surface area contributed by atoms with E-state index >= 15 is 0 Å². The maximum atomic E-state index is 12.3. The molecule has 0 spiro atoms. The number of aromatic nitrogens is 3. The van der Waals surface area contributed by atoms with E-state index in [2.05, 4.69) is 15.7 Å². The van der Waals surface area contributed by atoms with Crippen molar-refractivity contribution in [2.75, 3.05) is 18.4 Å². The van der Waals surface area contributed by atoms with E-state index in [1.54, 1.807) is 6.20 Å². The van der Waals surface area contributed by atoms with Crippen LogP contribution in [0.25, 0.3) is 0 Å². The van der Waals surface area contributed by atoms with E-state index in [-0.39, 0.29) is 5.91 Å². The molecule has 1 aliphatic heterocycles. The van der Waals surface area contributed by atoms with Gasteiger partial charge in [0, 0.05) is 18.9 Å². The number of rotatable bonds is 3. The van der Waals surface area contributed by atoms with Crippen molar-refractivity contribution in [2.24, 2.45) is 7.05 Å². The first kappa shape index (κ1) is 13.9. The van der Waals surface area contributed by atoms with Crippen molar-refractivity contribution in [3.05, 3.63) is 35.9 Å². The Morgan fingerprint density at radius 3 is 2.81 bits per heavy atom. The molecule has 0 unspecified atom stereocenters. The van der Waals surface area contributed by atoms with E-state index in [4.69, 9.17) is 0 Å². The van der Waals surface area contributed by atoms with E-state index in [0.29, 0.717) is 11.7 Å². The minimum absolute atomic E-state index is 0.101. The van der Waals surface area contributed by atoms with Crippen LogP contribution in [0.2, 0.25) is 0 Å². The Kier molecular flexibility index (Phi) is 3.79. The van der Waals surface area contributed by atoms with Crippen LogP contribution in [-0.4, -0.2) is 33.3 Å². The Hall–Kier alpha value is -2.08. The van der Waals surface area contributed by atoms with Crippen LogP contribution >= 0.6 is 0 Å². The molecule has 3 rings (SSSR count). The summed E-state index contributed by atoms with van der Waals surface area (Å²) >= 11 is 0. The van der Waals surface area contributed by atoms with Gasteiger partial charge in [-0.05, 0) is 45.0 Å². The van der Waals surface area contributed by atoms with Crippen molar-refractivity contribution in [3.63, 3.8) is 0 Å². The minimum atomic E-state index is -0.101. The molecule has 21 heavy (non-hydrogen) atoms. The van der Waals surface area contributed by atoms with Gasteiger partial charge >= 0.3 is 0 Å². The predicted octanol–water partition coefficient (Wildman–Crippen LogP) is 1.71. The molecule has 2 N–H and O–H groups in total. The number of hydrogen-bond acceptors (Lipinski definition) is 3. The second-order valence-electron chi connectivity index (χ2n) is 5.56. The van der Waals surface area contributed by atoms with E-state index in [1.807, 2.05) is 41.5 Å². The highest BCUT2D eigenvalue weighted by Gasteiger charge is 2.17. The van der Waals surface area contributed by atoms with Gasteiger partial charge in [0.2, 0.25) is 0 Å².